The van der Waals surface area contributed by atoms with E-state index in [-0.39, 0.29) is 0 Å². The molecule has 0 radical (unpaired) electrons. The summed E-state index contributed by atoms with van der Waals surface area (Å²) < 4.78 is 0. The van der Waals surface area contributed by atoms with Crippen LogP contribution in [-0.4, -0.2) is 33.8 Å². The minimum atomic E-state index is -1.20. The Morgan fingerprint density at radius 1 is 1.50 bits per heavy atom. The summed E-state index contributed by atoms with van der Waals surface area (Å²) in [4.78, 5) is 10.2. The highest BCUT2D eigenvalue weighted by molar-refractivity contribution is 7.99. The molecule has 3 nitrogen and oxygen atoms in total. The Morgan fingerprint density at radius 3 is 2.67 bits per heavy atom. The quantitative estimate of drug-likeness (QED) is 0.598. The minimum absolute atomic E-state index is 0.305. The molecule has 0 aromatic rings. The third-order valence-electron chi connectivity index (χ3n) is 1.45. The normalized spacial score (nSPS) is 12.8. The summed E-state index contributed by atoms with van der Waals surface area (Å²) in [5, 5.41) is 17.2. The van der Waals surface area contributed by atoms with Gasteiger partial charge in [-0.1, -0.05) is 19.8 Å². The summed E-state index contributed by atoms with van der Waals surface area (Å²) in [6.45, 7) is 2.12. The topological polar surface area (TPSA) is 57.5 Å². The predicted octanol–water partition coefficient (Wildman–Crippen LogP) is 1.36. The molecular weight excluding hydrogens is 176 g/mol. The van der Waals surface area contributed by atoms with Crippen molar-refractivity contribution in [3.63, 3.8) is 0 Å². The van der Waals surface area contributed by atoms with E-state index in [2.05, 4.69) is 6.92 Å². The van der Waals surface area contributed by atoms with Crippen LogP contribution in [0.4, 0.5) is 0 Å². The van der Waals surface area contributed by atoms with Crippen LogP contribution in [-0.2, 0) is 4.79 Å². The number of carbonyl (C=O) groups is 1. The largest absolute Gasteiger partial charge is 0.479 e. The van der Waals surface area contributed by atoms with E-state index in [4.69, 9.17) is 10.2 Å². The summed E-state index contributed by atoms with van der Waals surface area (Å²) in [6.07, 6.45) is 2.25. The zero-order valence-corrected chi connectivity index (χ0v) is 8.14. The van der Waals surface area contributed by atoms with Crippen molar-refractivity contribution in [1.82, 2.24) is 0 Å². The van der Waals surface area contributed by atoms with E-state index in [0.29, 0.717) is 5.75 Å². The Labute approximate surface area is 77.2 Å². The van der Waals surface area contributed by atoms with Crippen molar-refractivity contribution in [3.05, 3.63) is 0 Å². The first kappa shape index (κ1) is 11.8. The van der Waals surface area contributed by atoms with Crippen LogP contribution in [0.15, 0.2) is 0 Å². The van der Waals surface area contributed by atoms with Crippen LogP contribution in [0.5, 0.6) is 0 Å². The molecule has 0 heterocycles. The molecule has 0 aliphatic heterocycles. The molecule has 0 saturated heterocycles. The smallest absolute Gasteiger partial charge is 0.333 e. The fraction of sp³-hybridized carbons (Fsp3) is 0.875. The number of unbranched alkanes of at least 4 members (excludes halogenated alkanes) is 2. The van der Waals surface area contributed by atoms with Crippen LogP contribution in [0.2, 0.25) is 0 Å². The highest BCUT2D eigenvalue weighted by Gasteiger charge is 2.11. The van der Waals surface area contributed by atoms with Crippen molar-refractivity contribution in [2.75, 3.05) is 11.5 Å². The van der Waals surface area contributed by atoms with Crippen LogP contribution in [0.3, 0.4) is 0 Å². The molecule has 0 amide bonds. The van der Waals surface area contributed by atoms with Crippen LogP contribution >= 0.6 is 11.8 Å². The van der Waals surface area contributed by atoms with Gasteiger partial charge in [-0.05, 0) is 12.2 Å². The number of aliphatic carboxylic acids is 1. The van der Waals surface area contributed by atoms with E-state index in [1.54, 1.807) is 0 Å². The molecule has 0 unspecified atom stereocenters. The van der Waals surface area contributed by atoms with E-state index in [1.165, 1.54) is 24.6 Å². The first-order chi connectivity index (χ1) is 5.68. The number of thioether (sulfide) groups is 1. The number of carboxylic acids is 1. The lowest BCUT2D eigenvalue weighted by molar-refractivity contribution is -0.145. The van der Waals surface area contributed by atoms with Gasteiger partial charge in [-0.25, -0.2) is 4.79 Å². The first-order valence-electron chi connectivity index (χ1n) is 4.17. The SMILES string of the molecule is CCCCCSC[C@H](O)C(=O)O. The molecular formula is C8H16O3S. The van der Waals surface area contributed by atoms with Gasteiger partial charge in [0.05, 0.1) is 0 Å². The molecule has 4 heteroatoms. The highest BCUT2D eigenvalue weighted by Crippen LogP contribution is 2.07. The van der Waals surface area contributed by atoms with Gasteiger partial charge in [0.15, 0.2) is 6.10 Å². The monoisotopic (exact) mass is 192 g/mol. The van der Waals surface area contributed by atoms with Gasteiger partial charge in [-0.3, -0.25) is 0 Å². The molecule has 0 aromatic heterocycles. The Balaban J connectivity index is 3.14. The summed E-state index contributed by atoms with van der Waals surface area (Å²) in [6, 6.07) is 0. The van der Waals surface area contributed by atoms with Gasteiger partial charge < -0.3 is 10.2 Å². The van der Waals surface area contributed by atoms with Crippen LogP contribution < -0.4 is 0 Å². The number of aliphatic hydroxyl groups excluding tert-OH is 1. The first-order valence-corrected chi connectivity index (χ1v) is 5.32. The van der Waals surface area contributed by atoms with Gasteiger partial charge in [0.2, 0.25) is 0 Å². The average molecular weight is 192 g/mol. The molecule has 12 heavy (non-hydrogen) atoms. The zero-order chi connectivity index (χ0) is 9.40. The Bertz CT molecular complexity index is 127. The molecule has 0 bridgehead atoms. The second-order valence-corrected chi connectivity index (χ2v) is 3.79. The lowest BCUT2D eigenvalue weighted by Crippen LogP contribution is -2.22. The second-order valence-electron chi connectivity index (χ2n) is 2.64. The standard InChI is InChI=1S/C8H16O3S/c1-2-3-4-5-12-6-7(9)8(10)11/h7,9H,2-6H2,1H3,(H,10,11)/t7-/m0/s1. The van der Waals surface area contributed by atoms with Crippen molar-refractivity contribution in [3.8, 4) is 0 Å². The fourth-order valence-electron chi connectivity index (χ4n) is 0.720. The van der Waals surface area contributed by atoms with Crippen molar-refractivity contribution in [2.24, 2.45) is 0 Å². The van der Waals surface area contributed by atoms with E-state index in [1.807, 2.05) is 0 Å². The maximum Gasteiger partial charge on any atom is 0.333 e. The second kappa shape index (κ2) is 7.43. The molecule has 1 atom stereocenters. The fourth-order valence-corrected chi connectivity index (χ4v) is 1.66. The maximum atomic E-state index is 10.2. The van der Waals surface area contributed by atoms with Crippen LogP contribution in [0.1, 0.15) is 26.2 Å². The number of hydrogen-bond acceptors (Lipinski definition) is 3. The molecule has 0 saturated carbocycles. The van der Waals surface area contributed by atoms with E-state index >= 15 is 0 Å². The summed E-state index contributed by atoms with van der Waals surface area (Å²) in [5.41, 5.74) is 0. The van der Waals surface area contributed by atoms with Crippen molar-refractivity contribution in [2.45, 2.75) is 32.3 Å². The molecule has 72 valence electrons. The number of carboxylic acid groups (broad SMARTS) is 1. The highest BCUT2D eigenvalue weighted by atomic mass is 32.2. The van der Waals surface area contributed by atoms with Crippen molar-refractivity contribution in [1.29, 1.82) is 0 Å². The maximum absolute atomic E-state index is 10.2. The Kier molecular flexibility index (Phi) is 7.29. The molecule has 0 aromatic carbocycles. The molecule has 0 aliphatic rings. The average Bonchev–Trinajstić information content (AvgIpc) is 2.03. The molecule has 0 spiro atoms. The van der Waals surface area contributed by atoms with Crippen LogP contribution in [0.25, 0.3) is 0 Å². The van der Waals surface area contributed by atoms with Gasteiger partial charge in [0, 0.05) is 5.75 Å². The predicted molar refractivity (Wildman–Crippen MR) is 50.5 cm³/mol. The molecule has 0 rings (SSSR count). The minimum Gasteiger partial charge on any atom is -0.479 e. The Hall–Kier alpha value is -0.220. The van der Waals surface area contributed by atoms with Gasteiger partial charge >= 0.3 is 5.97 Å². The van der Waals surface area contributed by atoms with Crippen molar-refractivity contribution >= 4 is 17.7 Å². The van der Waals surface area contributed by atoms with E-state index < -0.39 is 12.1 Å². The Morgan fingerprint density at radius 2 is 2.17 bits per heavy atom. The van der Waals surface area contributed by atoms with Crippen molar-refractivity contribution < 1.29 is 15.0 Å². The van der Waals surface area contributed by atoms with Crippen LogP contribution in [0, 0.1) is 0 Å². The summed E-state index contributed by atoms with van der Waals surface area (Å²) >= 11 is 1.50. The third-order valence-corrected chi connectivity index (χ3v) is 2.58. The molecule has 0 aliphatic carbocycles. The molecule has 2 N–H and O–H groups in total. The van der Waals surface area contributed by atoms with E-state index in [9.17, 15) is 4.79 Å². The summed E-state index contributed by atoms with van der Waals surface area (Å²) in [5.74, 6) is 0.120. The lowest BCUT2D eigenvalue weighted by Gasteiger charge is -2.03. The van der Waals surface area contributed by atoms with Gasteiger partial charge in [0.1, 0.15) is 0 Å². The third kappa shape index (κ3) is 6.49. The number of rotatable bonds is 7. The van der Waals surface area contributed by atoms with E-state index in [0.717, 1.165) is 12.2 Å². The van der Waals surface area contributed by atoms with Gasteiger partial charge in [-0.15, -0.1) is 0 Å². The number of aliphatic hydroxyl groups is 1. The van der Waals surface area contributed by atoms with Gasteiger partial charge in [0.25, 0.3) is 0 Å². The summed E-state index contributed by atoms with van der Waals surface area (Å²) in [7, 11) is 0. The molecule has 0 fully saturated rings. The zero-order valence-electron chi connectivity index (χ0n) is 7.32. The number of hydrogen-bond donors (Lipinski definition) is 2. The van der Waals surface area contributed by atoms with Gasteiger partial charge in [-0.2, -0.15) is 11.8 Å². The lowest BCUT2D eigenvalue weighted by atomic mass is 10.3.